The molecule has 2 rings (SSSR count). The molecule has 1 saturated carbocycles. The van der Waals surface area contributed by atoms with E-state index in [0.29, 0.717) is 6.04 Å². The second kappa shape index (κ2) is 5.18. The maximum atomic E-state index is 9.04. The first-order valence-corrected chi connectivity index (χ1v) is 6.04. The number of rotatable bonds is 4. The minimum absolute atomic E-state index is 0.170. The van der Waals surface area contributed by atoms with Crippen molar-refractivity contribution >= 4 is 0 Å². The van der Waals surface area contributed by atoms with Gasteiger partial charge in [-0.25, -0.2) is 0 Å². The Morgan fingerprint density at radius 2 is 2.50 bits per heavy atom. The summed E-state index contributed by atoms with van der Waals surface area (Å²) in [6.45, 7) is 2.14. The summed E-state index contributed by atoms with van der Waals surface area (Å²) in [7, 11) is 0. The van der Waals surface area contributed by atoms with Crippen LogP contribution in [0.1, 0.15) is 44.4 Å². The van der Waals surface area contributed by atoms with Crippen LogP contribution >= 0.6 is 0 Å². The van der Waals surface area contributed by atoms with Gasteiger partial charge in [-0.1, -0.05) is 13.3 Å². The fraction of sp³-hybridized carbons (Fsp3) is 0.615. The van der Waals surface area contributed by atoms with E-state index in [1.54, 1.807) is 6.26 Å². The Hall–Kier alpha value is -1.27. The summed E-state index contributed by atoms with van der Waals surface area (Å²) in [5, 5.41) is 12.6. The van der Waals surface area contributed by atoms with Gasteiger partial charge < -0.3 is 9.73 Å². The molecule has 0 aromatic carbocycles. The Labute approximate surface area is 96.4 Å². The van der Waals surface area contributed by atoms with E-state index in [9.17, 15) is 0 Å². The summed E-state index contributed by atoms with van der Waals surface area (Å²) in [6, 6.07) is 6.88. The third-order valence-electron chi connectivity index (χ3n) is 3.39. The van der Waals surface area contributed by atoms with E-state index in [-0.39, 0.29) is 12.0 Å². The number of nitrogens with zero attached hydrogens (tertiary/aromatic N) is 1. The van der Waals surface area contributed by atoms with Crippen molar-refractivity contribution in [3.63, 3.8) is 0 Å². The van der Waals surface area contributed by atoms with Crippen molar-refractivity contribution in [3.8, 4) is 6.07 Å². The fourth-order valence-electron chi connectivity index (χ4n) is 2.46. The Morgan fingerprint density at radius 3 is 3.12 bits per heavy atom. The predicted molar refractivity (Wildman–Crippen MR) is 61.6 cm³/mol. The van der Waals surface area contributed by atoms with Gasteiger partial charge in [0.05, 0.1) is 24.3 Å². The van der Waals surface area contributed by atoms with E-state index < -0.39 is 0 Å². The zero-order valence-electron chi connectivity index (χ0n) is 9.65. The van der Waals surface area contributed by atoms with Crippen molar-refractivity contribution < 1.29 is 4.42 Å². The van der Waals surface area contributed by atoms with E-state index in [1.165, 1.54) is 0 Å². The summed E-state index contributed by atoms with van der Waals surface area (Å²) >= 11 is 0. The van der Waals surface area contributed by atoms with E-state index in [4.69, 9.17) is 9.68 Å². The molecule has 3 atom stereocenters. The third kappa shape index (κ3) is 2.28. The lowest BCUT2D eigenvalue weighted by atomic mass is 10.0. The topological polar surface area (TPSA) is 49.0 Å². The second-order valence-corrected chi connectivity index (χ2v) is 4.42. The molecular formula is C13H18N2O. The Bertz CT molecular complexity index is 353. The van der Waals surface area contributed by atoms with Gasteiger partial charge in [0.1, 0.15) is 5.76 Å². The van der Waals surface area contributed by atoms with Crippen LogP contribution in [0.25, 0.3) is 0 Å². The number of hydrogen-bond acceptors (Lipinski definition) is 3. The van der Waals surface area contributed by atoms with Crippen molar-refractivity contribution in [2.45, 2.75) is 44.7 Å². The molecule has 1 heterocycles. The molecule has 0 aliphatic heterocycles. The minimum Gasteiger partial charge on any atom is -0.468 e. The van der Waals surface area contributed by atoms with Gasteiger partial charge in [0, 0.05) is 6.04 Å². The highest BCUT2D eigenvalue weighted by Gasteiger charge is 2.29. The summed E-state index contributed by atoms with van der Waals surface area (Å²) in [4.78, 5) is 0. The van der Waals surface area contributed by atoms with Gasteiger partial charge in [0.2, 0.25) is 0 Å². The highest BCUT2D eigenvalue weighted by Crippen LogP contribution is 2.28. The molecule has 0 bridgehead atoms. The number of nitriles is 1. The molecule has 16 heavy (non-hydrogen) atoms. The molecule has 3 heteroatoms. The molecular weight excluding hydrogens is 200 g/mol. The molecule has 0 radical (unpaired) electrons. The van der Waals surface area contributed by atoms with Crippen molar-refractivity contribution in [3.05, 3.63) is 24.2 Å². The van der Waals surface area contributed by atoms with Crippen LogP contribution in [-0.4, -0.2) is 6.04 Å². The lowest BCUT2D eigenvalue weighted by Crippen LogP contribution is -2.34. The highest BCUT2D eigenvalue weighted by molar-refractivity contribution is 5.06. The Balaban J connectivity index is 2.00. The zero-order valence-corrected chi connectivity index (χ0v) is 9.65. The van der Waals surface area contributed by atoms with Crippen LogP contribution in [0, 0.1) is 17.2 Å². The SMILES string of the molecule is CCC(NC1CCCC1C#N)c1ccco1. The molecule has 0 saturated heterocycles. The van der Waals surface area contributed by atoms with Crippen molar-refractivity contribution in [1.29, 1.82) is 5.26 Å². The molecule has 3 nitrogen and oxygen atoms in total. The standard InChI is InChI=1S/C13H18N2O/c1-2-11(13-7-4-8-16-13)15-12-6-3-5-10(12)9-14/h4,7-8,10-12,15H,2-3,5-6H2,1H3. The van der Waals surface area contributed by atoms with Gasteiger partial charge in [0.25, 0.3) is 0 Å². The summed E-state index contributed by atoms with van der Waals surface area (Å²) in [5.41, 5.74) is 0. The lowest BCUT2D eigenvalue weighted by Gasteiger charge is -2.22. The third-order valence-corrected chi connectivity index (χ3v) is 3.39. The normalized spacial score (nSPS) is 26.5. The molecule has 1 aliphatic carbocycles. The van der Waals surface area contributed by atoms with Crippen molar-refractivity contribution in [1.82, 2.24) is 5.32 Å². The summed E-state index contributed by atoms with van der Waals surface area (Å²) in [5.74, 6) is 1.15. The maximum absolute atomic E-state index is 9.04. The maximum Gasteiger partial charge on any atom is 0.120 e. The molecule has 1 N–H and O–H groups in total. The molecule has 1 aromatic heterocycles. The Morgan fingerprint density at radius 1 is 1.62 bits per heavy atom. The molecule has 1 fully saturated rings. The smallest absolute Gasteiger partial charge is 0.120 e. The average Bonchev–Trinajstić information content (AvgIpc) is 2.96. The molecule has 1 aromatic rings. The van der Waals surface area contributed by atoms with E-state index in [1.807, 2.05) is 12.1 Å². The molecule has 3 unspecified atom stereocenters. The van der Waals surface area contributed by atoms with Gasteiger partial charge in [-0.3, -0.25) is 0 Å². The van der Waals surface area contributed by atoms with Gasteiger partial charge in [-0.05, 0) is 31.4 Å². The van der Waals surface area contributed by atoms with Crippen LogP contribution in [0.3, 0.4) is 0 Å². The second-order valence-electron chi connectivity index (χ2n) is 4.42. The number of furan rings is 1. The van der Waals surface area contributed by atoms with Crippen molar-refractivity contribution in [2.24, 2.45) is 5.92 Å². The van der Waals surface area contributed by atoms with Crippen LogP contribution in [0.4, 0.5) is 0 Å². The zero-order chi connectivity index (χ0) is 11.4. The van der Waals surface area contributed by atoms with E-state index >= 15 is 0 Å². The van der Waals surface area contributed by atoms with Gasteiger partial charge in [0.15, 0.2) is 0 Å². The minimum atomic E-state index is 0.170. The molecule has 0 amide bonds. The van der Waals surface area contributed by atoms with E-state index in [2.05, 4.69) is 18.3 Å². The monoisotopic (exact) mass is 218 g/mol. The largest absolute Gasteiger partial charge is 0.468 e. The van der Waals surface area contributed by atoms with Crippen LogP contribution < -0.4 is 5.32 Å². The van der Waals surface area contributed by atoms with Gasteiger partial charge >= 0.3 is 0 Å². The van der Waals surface area contributed by atoms with Crippen LogP contribution in [0.15, 0.2) is 22.8 Å². The lowest BCUT2D eigenvalue weighted by molar-refractivity contribution is 0.345. The highest BCUT2D eigenvalue weighted by atomic mass is 16.3. The first-order chi connectivity index (χ1) is 7.85. The number of nitrogens with one attached hydrogen (secondary N) is 1. The van der Waals surface area contributed by atoms with Gasteiger partial charge in [-0.2, -0.15) is 5.26 Å². The molecule has 1 aliphatic rings. The van der Waals surface area contributed by atoms with Crippen LogP contribution in [0.5, 0.6) is 0 Å². The molecule has 0 spiro atoms. The predicted octanol–water partition coefficient (Wildman–Crippen LogP) is 3.01. The Kier molecular flexibility index (Phi) is 3.63. The van der Waals surface area contributed by atoms with Crippen LogP contribution in [0.2, 0.25) is 0 Å². The van der Waals surface area contributed by atoms with Crippen molar-refractivity contribution in [2.75, 3.05) is 0 Å². The molecule has 86 valence electrons. The van der Waals surface area contributed by atoms with E-state index in [0.717, 1.165) is 31.4 Å². The first-order valence-electron chi connectivity index (χ1n) is 6.04. The average molecular weight is 218 g/mol. The summed E-state index contributed by atoms with van der Waals surface area (Å²) in [6.07, 6.45) is 5.99. The van der Waals surface area contributed by atoms with Gasteiger partial charge in [-0.15, -0.1) is 0 Å². The quantitative estimate of drug-likeness (QED) is 0.845. The fourth-order valence-corrected chi connectivity index (χ4v) is 2.46. The summed E-state index contributed by atoms with van der Waals surface area (Å²) < 4.78 is 5.42. The van der Waals surface area contributed by atoms with Crippen LogP contribution in [-0.2, 0) is 0 Å². The first kappa shape index (κ1) is 11.2. The number of hydrogen-bond donors (Lipinski definition) is 1.